The van der Waals surface area contributed by atoms with Gasteiger partial charge in [0.1, 0.15) is 4.21 Å². The molecule has 11 nitrogen and oxygen atoms in total. The van der Waals surface area contributed by atoms with Crippen molar-refractivity contribution in [2.24, 2.45) is 5.73 Å². The number of nitrogens with zero attached hydrogens (tertiary/aromatic N) is 3. The van der Waals surface area contributed by atoms with Gasteiger partial charge in [-0.3, -0.25) is 14.9 Å². The average molecular weight is 534 g/mol. The van der Waals surface area contributed by atoms with Gasteiger partial charge in [-0.05, 0) is 31.0 Å². The van der Waals surface area contributed by atoms with E-state index in [2.05, 4.69) is 10.3 Å². The highest BCUT2D eigenvalue weighted by Gasteiger charge is 2.35. The molecule has 36 heavy (non-hydrogen) atoms. The lowest BCUT2D eigenvalue weighted by molar-refractivity contribution is -0.384. The third kappa shape index (κ3) is 5.48. The smallest absolute Gasteiger partial charge is 0.311 e. The molecule has 0 spiro atoms. The van der Waals surface area contributed by atoms with E-state index in [4.69, 9.17) is 10.5 Å². The van der Waals surface area contributed by atoms with E-state index in [1.165, 1.54) is 34.0 Å². The van der Waals surface area contributed by atoms with E-state index in [0.29, 0.717) is 31.3 Å². The highest BCUT2D eigenvalue weighted by Crippen LogP contribution is 2.35. The number of rotatable bonds is 9. The summed E-state index contributed by atoms with van der Waals surface area (Å²) in [6.07, 6.45) is 8.42. The third-order valence-electron chi connectivity index (χ3n) is 6.39. The standard InChI is InChI=1S/C23H27N5O6S2/c1-34-23(10-2-4-16(14-23)21(24)29)15-18-6-7-20(35-18)36(32,33)27-12-8-17(9-13-27)26-22-19(28(30)31)5-3-11-25-22/h2-7,10-11,17H,8-9,12-15H2,1H3,(H2,24,29)(H,25,26). The Bertz CT molecular complexity index is 1310. The number of aromatic nitrogens is 1. The van der Waals surface area contributed by atoms with Gasteiger partial charge in [0.25, 0.3) is 10.0 Å². The van der Waals surface area contributed by atoms with Crippen molar-refractivity contribution in [3.8, 4) is 0 Å². The zero-order chi connectivity index (χ0) is 25.9. The number of piperidine rings is 1. The highest BCUT2D eigenvalue weighted by molar-refractivity contribution is 7.91. The van der Waals surface area contributed by atoms with Gasteiger partial charge in [0.05, 0.1) is 10.5 Å². The monoisotopic (exact) mass is 533 g/mol. The maximum Gasteiger partial charge on any atom is 0.311 e. The summed E-state index contributed by atoms with van der Waals surface area (Å²) in [5.41, 5.74) is 5.00. The number of methoxy groups -OCH3 is 1. The fourth-order valence-electron chi connectivity index (χ4n) is 4.39. The zero-order valence-corrected chi connectivity index (χ0v) is 21.3. The Balaban J connectivity index is 1.40. The summed E-state index contributed by atoms with van der Waals surface area (Å²) in [5, 5.41) is 14.3. The topological polar surface area (TPSA) is 158 Å². The number of amides is 1. The Kier molecular flexibility index (Phi) is 7.54. The molecule has 3 N–H and O–H groups in total. The Hall–Kier alpha value is -3.13. The molecule has 1 saturated heterocycles. The van der Waals surface area contributed by atoms with Crippen molar-refractivity contribution in [1.29, 1.82) is 0 Å². The van der Waals surface area contributed by atoms with E-state index in [1.54, 1.807) is 31.4 Å². The SMILES string of the molecule is COC1(Cc2ccc(S(=O)(=O)N3CCC(Nc4ncccc4[N+](=O)[O-])CC3)s2)C=CC=C(C(N)=O)C1. The van der Waals surface area contributed by atoms with Crippen molar-refractivity contribution < 1.29 is 22.9 Å². The minimum Gasteiger partial charge on any atom is -0.373 e. The van der Waals surface area contributed by atoms with Crippen LogP contribution >= 0.6 is 11.3 Å². The number of nitrogens with one attached hydrogen (secondary N) is 1. The van der Waals surface area contributed by atoms with Crippen LogP contribution in [0.15, 0.2) is 58.5 Å². The van der Waals surface area contributed by atoms with Crippen LogP contribution in [0, 0.1) is 10.1 Å². The lowest BCUT2D eigenvalue weighted by Gasteiger charge is -2.32. The molecule has 2 aromatic rings. The lowest BCUT2D eigenvalue weighted by atomic mass is 9.86. The number of hydrogen-bond donors (Lipinski definition) is 2. The van der Waals surface area contributed by atoms with Gasteiger partial charge in [-0.15, -0.1) is 11.3 Å². The maximum absolute atomic E-state index is 13.3. The second kappa shape index (κ2) is 10.5. The van der Waals surface area contributed by atoms with Crippen molar-refractivity contribution in [2.45, 2.75) is 41.5 Å². The van der Waals surface area contributed by atoms with E-state index in [-0.39, 0.29) is 34.8 Å². The van der Waals surface area contributed by atoms with Gasteiger partial charge in [-0.2, -0.15) is 4.31 Å². The van der Waals surface area contributed by atoms with E-state index >= 15 is 0 Å². The van der Waals surface area contributed by atoms with Crippen LogP contribution in [0.25, 0.3) is 0 Å². The van der Waals surface area contributed by atoms with E-state index < -0.39 is 26.5 Å². The molecule has 2 aromatic heterocycles. The molecule has 1 atom stereocenters. The molecule has 192 valence electrons. The van der Waals surface area contributed by atoms with Crippen LogP contribution in [0.2, 0.25) is 0 Å². The first-order chi connectivity index (χ1) is 17.1. The Labute approximate surface area is 212 Å². The largest absolute Gasteiger partial charge is 0.373 e. The van der Waals surface area contributed by atoms with E-state index in [1.807, 2.05) is 6.08 Å². The molecular weight excluding hydrogens is 506 g/mol. The predicted molar refractivity (Wildman–Crippen MR) is 135 cm³/mol. The molecule has 4 rings (SSSR count). The van der Waals surface area contributed by atoms with Gasteiger partial charge in [0, 0.05) is 61.8 Å². The highest BCUT2D eigenvalue weighted by atomic mass is 32.2. The van der Waals surface area contributed by atoms with Crippen molar-refractivity contribution in [1.82, 2.24) is 9.29 Å². The molecule has 2 aliphatic rings. The van der Waals surface area contributed by atoms with Crippen molar-refractivity contribution in [3.05, 3.63) is 69.3 Å². The summed E-state index contributed by atoms with van der Waals surface area (Å²) in [5.74, 6) is -0.323. The molecule has 0 bridgehead atoms. The summed E-state index contributed by atoms with van der Waals surface area (Å²) in [4.78, 5) is 27.2. The minimum absolute atomic E-state index is 0.112. The quantitative estimate of drug-likeness (QED) is 0.368. The molecule has 3 heterocycles. The Morgan fingerprint density at radius 2 is 2.11 bits per heavy atom. The van der Waals surface area contributed by atoms with Crippen LogP contribution < -0.4 is 11.1 Å². The van der Waals surface area contributed by atoms with Gasteiger partial charge in [0.2, 0.25) is 11.7 Å². The van der Waals surface area contributed by atoms with Crippen LogP contribution in [-0.2, 0) is 26.0 Å². The van der Waals surface area contributed by atoms with Gasteiger partial charge in [-0.25, -0.2) is 13.4 Å². The van der Waals surface area contributed by atoms with Crippen LogP contribution in [-0.4, -0.2) is 60.4 Å². The lowest BCUT2D eigenvalue weighted by Crippen LogP contribution is -2.42. The molecule has 1 fully saturated rings. The number of thiophene rings is 1. The molecule has 13 heteroatoms. The number of allylic oxidation sites excluding steroid dienone is 2. The zero-order valence-electron chi connectivity index (χ0n) is 19.6. The molecule has 1 amide bonds. The summed E-state index contributed by atoms with van der Waals surface area (Å²) < 4.78 is 34.0. The van der Waals surface area contributed by atoms with Crippen LogP contribution in [0.1, 0.15) is 24.1 Å². The fourth-order valence-corrected chi connectivity index (χ4v) is 7.48. The van der Waals surface area contributed by atoms with E-state index in [9.17, 15) is 23.3 Å². The van der Waals surface area contributed by atoms with Crippen LogP contribution in [0.5, 0.6) is 0 Å². The van der Waals surface area contributed by atoms with Gasteiger partial charge < -0.3 is 15.8 Å². The number of anilines is 1. The van der Waals surface area contributed by atoms with Gasteiger partial charge >= 0.3 is 5.69 Å². The number of carbonyl (C=O) groups excluding carboxylic acids is 1. The molecular formula is C23H27N5O6S2. The Morgan fingerprint density at radius 3 is 2.78 bits per heavy atom. The first-order valence-electron chi connectivity index (χ1n) is 11.3. The fraction of sp³-hybridized carbons (Fsp3) is 0.391. The number of primary amides is 1. The van der Waals surface area contributed by atoms with Crippen molar-refractivity contribution in [2.75, 3.05) is 25.5 Å². The summed E-state index contributed by atoms with van der Waals surface area (Å²) in [6.45, 7) is 0.566. The number of carbonyl (C=O) groups is 1. The number of hydrogen-bond acceptors (Lipinski definition) is 9. The minimum atomic E-state index is -3.69. The first kappa shape index (κ1) is 25.9. The second-order valence-electron chi connectivity index (χ2n) is 8.71. The maximum atomic E-state index is 13.3. The predicted octanol–water partition coefficient (Wildman–Crippen LogP) is 2.62. The molecule has 1 aliphatic carbocycles. The van der Waals surface area contributed by atoms with E-state index in [0.717, 1.165) is 4.88 Å². The van der Waals surface area contributed by atoms with Crippen LogP contribution in [0.4, 0.5) is 11.5 Å². The van der Waals surface area contributed by atoms with Gasteiger partial charge in [-0.1, -0.05) is 18.2 Å². The Morgan fingerprint density at radius 1 is 1.36 bits per heavy atom. The van der Waals surface area contributed by atoms with Crippen LogP contribution in [0.3, 0.4) is 0 Å². The van der Waals surface area contributed by atoms with Crippen molar-refractivity contribution >= 4 is 38.8 Å². The average Bonchev–Trinajstić information content (AvgIpc) is 3.34. The molecule has 0 aromatic carbocycles. The number of ether oxygens (including phenoxy) is 1. The number of sulfonamides is 1. The normalized spacial score (nSPS) is 21.2. The summed E-state index contributed by atoms with van der Waals surface area (Å²) in [6, 6.07) is 6.11. The first-order valence-corrected chi connectivity index (χ1v) is 13.6. The second-order valence-corrected chi connectivity index (χ2v) is 12.0. The number of nitro groups is 1. The number of pyridine rings is 1. The number of nitrogens with two attached hydrogens (primary N) is 1. The summed E-state index contributed by atoms with van der Waals surface area (Å²) >= 11 is 1.18. The summed E-state index contributed by atoms with van der Waals surface area (Å²) in [7, 11) is -2.14. The molecule has 1 aliphatic heterocycles. The molecule has 0 radical (unpaired) electrons. The molecule has 1 unspecified atom stereocenters. The third-order valence-corrected chi connectivity index (χ3v) is 9.84. The van der Waals surface area contributed by atoms with Crippen molar-refractivity contribution in [3.63, 3.8) is 0 Å². The van der Waals surface area contributed by atoms with Gasteiger partial charge in [0.15, 0.2) is 0 Å². The molecule has 0 saturated carbocycles.